The molecule has 0 fully saturated rings. The summed E-state index contributed by atoms with van der Waals surface area (Å²) < 4.78 is 17.7. The van der Waals surface area contributed by atoms with E-state index in [1.165, 1.54) is 0 Å². The SMILES string of the molecule is [2H]CC(F)C(=O)O. The molecule has 36 valence electrons. The normalized spacial score (nSPS) is 15.8. The predicted molar refractivity (Wildman–Crippen MR) is 18.2 cm³/mol. The topological polar surface area (TPSA) is 37.3 Å². The van der Waals surface area contributed by atoms with Crippen molar-refractivity contribution in [1.82, 2.24) is 0 Å². The van der Waals surface area contributed by atoms with Crippen molar-refractivity contribution in [3.05, 3.63) is 0 Å². The van der Waals surface area contributed by atoms with Gasteiger partial charge in [0.05, 0.1) is 0 Å². The van der Waals surface area contributed by atoms with Gasteiger partial charge in [0.15, 0.2) is 6.17 Å². The van der Waals surface area contributed by atoms with Crippen LogP contribution < -0.4 is 0 Å². The molecule has 0 radical (unpaired) electrons. The average Bonchev–Trinajstić information content (AvgIpc) is 1.65. The van der Waals surface area contributed by atoms with Gasteiger partial charge in [-0.15, -0.1) is 0 Å². The van der Waals surface area contributed by atoms with Crippen molar-refractivity contribution >= 4 is 5.97 Å². The smallest absolute Gasteiger partial charge is 0.337 e. The summed E-state index contributed by atoms with van der Waals surface area (Å²) in [7, 11) is 0. The molecule has 0 aliphatic rings. The van der Waals surface area contributed by atoms with E-state index in [0.29, 0.717) is 0 Å². The lowest BCUT2D eigenvalue weighted by Gasteiger charge is -1.85. The summed E-state index contributed by atoms with van der Waals surface area (Å²) in [5, 5.41) is 7.69. The fraction of sp³-hybridized carbons (Fsp3) is 0.667. The highest BCUT2D eigenvalue weighted by Crippen LogP contribution is 1.83. The van der Waals surface area contributed by atoms with Crippen LogP contribution in [0.15, 0.2) is 0 Å². The number of carboxylic acid groups (broad SMARTS) is 1. The predicted octanol–water partition coefficient (Wildman–Crippen LogP) is 0.429. The summed E-state index contributed by atoms with van der Waals surface area (Å²) in [4.78, 5) is 9.44. The standard InChI is InChI=1S/C3H5FO2/c1-2(4)3(5)6/h2H,1H3,(H,5,6)/i1D. The molecule has 0 rings (SSSR count). The van der Waals surface area contributed by atoms with Gasteiger partial charge in [0.25, 0.3) is 0 Å². The monoisotopic (exact) mass is 93.0 g/mol. The number of rotatable bonds is 1. The first kappa shape index (κ1) is 3.59. The second-order valence-corrected chi connectivity index (χ2v) is 0.806. The summed E-state index contributed by atoms with van der Waals surface area (Å²) in [6.07, 6.45) is -2.01. The molecule has 0 amide bonds. The lowest BCUT2D eigenvalue weighted by Crippen LogP contribution is -2.08. The molecule has 1 N–H and O–H groups in total. The molecular formula is C3H5FO2. The van der Waals surface area contributed by atoms with Gasteiger partial charge in [-0.2, -0.15) is 0 Å². The zero-order chi connectivity index (χ0) is 5.86. The van der Waals surface area contributed by atoms with Crippen molar-refractivity contribution in [2.24, 2.45) is 0 Å². The van der Waals surface area contributed by atoms with E-state index in [4.69, 9.17) is 6.48 Å². The first-order valence-corrected chi connectivity index (χ1v) is 1.34. The highest BCUT2D eigenvalue weighted by atomic mass is 19.1. The van der Waals surface area contributed by atoms with Crippen LogP contribution in [0.4, 0.5) is 4.39 Å². The third-order valence-electron chi connectivity index (χ3n) is 0.268. The summed E-state index contributed by atoms with van der Waals surface area (Å²) in [6.45, 7) is -0.699. The minimum absolute atomic E-state index is 0.699. The van der Waals surface area contributed by atoms with Crippen molar-refractivity contribution < 1.29 is 15.7 Å². The second-order valence-electron chi connectivity index (χ2n) is 0.806. The molecule has 3 heteroatoms. The number of carboxylic acids is 1. The number of carbonyl (C=O) groups is 1. The van der Waals surface area contributed by atoms with Gasteiger partial charge in [0.2, 0.25) is 0 Å². The molecule has 2 nitrogen and oxygen atoms in total. The number of halogens is 1. The van der Waals surface area contributed by atoms with E-state index in [2.05, 4.69) is 0 Å². The molecule has 6 heavy (non-hydrogen) atoms. The molecule has 0 aromatic rings. The van der Waals surface area contributed by atoms with Crippen molar-refractivity contribution in [2.45, 2.75) is 13.1 Å². The van der Waals surface area contributed by atoms with Crippen LogP contribution in [0.2, 0.25) is 0 Å². The number of aliphatic carboxylic acids is 1. The van der Waals surface area contributed by atoms with Gasteiger partial charge in [-0.1, -0.05) is 0 Å². The minimum Gasteiger partial charge on any atom is -0.479 e. The van der Waals surface area contributed by atoms with E-state index in [9.17, 15) is 9.18 Å². The van der Waals surface area contributed by atoms with Crippen molar-refractivity contribution in [3.63, 3.8) is 0 Å². The molecule has 1 atom stereocenters. The summed E-state index contributed by atoms with van der Waals surface area (Å²) in [6, 6.07) is 0. The van der Waals surface area contributed by atoms with Crippen LogP contribution in [-0.4, -0.2) is 17.2 Å². The van der Waals surface area contributed by atoms with E-state index in [-0.39, 0.29) is 0 Å². The third kappa shape index (κ3) is 1.69. The van der Waals surface area contributed by atoms with Crippen LogP contribution in [0, 0.1) is 0 Å². The maximum absolute atomic E-state index is 11.5. The summed E-state index contributed by atoms with van der Waals surface area (Å²) in [5.74, 6) is -1.56. The Morgan fingerprint density at radius 3 is 2.83 bits per heavy atom. The second kappa shape index (κ2) is 1.74. The fourth-order valence-corrected chi connectivity index (χ4v) is 0. The van der Waals surface area contributed by atoms with Gasteiger partial charge in [-0.3, -0.25) is 0 Å². The van der Waals surface area contributed by atoms with Crippen LogP contribution in [0.1, 0.15) is 8.27 Å². The molecule has 0 aliphatic carbocycles. The molecule has 1 unspecified atom stereocenters. The minimum atomic E-state index is -2.01. The lowest BCUT2D eigenvalue weighted by atomic mass is 10.5. The summed E-state index contributed by atoms with van der Waals surface area (Å²) >= 11 is 0. The number of hydrogen-bond acceptors (Lipinski definition) is 1. The molecule has 0 saturated carbocycles. The first-order chi connectivity index (χ1) is 3.18. The van der Waals surface area contributed by atoms with E-state index in [0.717, 1.165) is 0 Å². The quantitative estimate of drug-likeness (QED) is 0.510. The van der Waals surface area contributed by atoms with E-state index in [1.54, 1.807) is 0 Å². The van der Waals surface area contributed by atoms with Gasteiger partial charge >= 0.3 is 5.97 Å². The Labute approximate surface area is 36.0 Å². The number of hydrogen-bond donors (Lipinski definition) is 1. The van der Waals surface area contributed by atoms with Crippen molar-refractivity contribution in [3.8, 4) is 0 Å². The first-order valence-electron chi connectivity index (χ1n) is 2.05. The van der Waals surface area contributed by atoms with Crippen LogP contribution in [-0.2, 0) is 4.79 Å². The molecule has 0 heterocycles. The Morgan fingerprint density at radius 1 is 2.33 bits per heavy atom. The van der Waals surface area contributed by atoms with Crippen LogP contribution >= 0.6 is 0 Å². The Hall–Kier alpha value is -0.600. The molecule has 0 aromatic carbocycles. The third-order valence-corrected chi connectivity index (χ3v) is 0.268. The summed E-state index contributed by atoms with van der Waals surface area (Å²) in [5.41, 5.74) is 0. The van der Waals surface area contributed by atoms with Crippen LogP contribution in [0.25, 0.3) is 0 Å². The van der Waals surface area contributed by atoms with Gasteiger partial charge in [-0.05, 0) is 6.90 Å². The lowest BCUT2D eigenvalue weighted by molar-refractivity contribution is -0.142. The molecule has 0 aromatic heterocycles. The molecule has 0 bridgehead atoms. The number of alkyl halides is 1. The zero-order valence-corrected chi connectivity index (χ0v) is 3.02. The molecule has 0 saturated heterocycles. The Kier molecular flexibility index (Phi) is 1.04. The Balaban J connectivity index is 3.34. The van der Waals surface area contributed by atoms with Crippen molar-refractivity contribution in [1.29, 1.82) is 0 Å². The van der Waals surface area contributed by atoms with E-state index >= 15 is 0 Å². The molecular weight excluding hydrogens is 87.0 g/mol. The van der Waals surface area contributed by atoms with Crippen LogP contribution in [0.5, 0.6) is 0 Å². The van der Waals surface area contributed by atoms with Gasteiger partial charge in [0.1, 0.15) is 0 Å². The zero-order valence-electron chi connectivity index (χ0n) is 4.02. The average molecular weight is 93.1 g/mol. The van der Waals surface area contributed by atoms with E-state index in [1.807, 2.05) is 0 Å². The van der Waals surface area contributed by atoms with Crippen molar-refractivity contribution in [2.75, 3.05) is 0 Å². The van der Waals surface area contributed by atoms with Gasteiger partial charge < -0.3 is 5.11 Å². The fourth-order valence-electron chi connectivity index (χ4n) is 0. The maximum Gasteiger partial charge on any atom is 0.337 e. The van der Waals surface area contributed by atoms with Gasteiger partial charge in [-0.25, -0.2) is 9.18 Å². The maximum atomic E-state index is 11.5. The largest absolute Gasteiger partial charge is 0.479 e. The van der Waals surface area contributed by atoms with Crippen LogP contribution in [0.3, 0.4) is 0 Å². The molecule has 0 aliphatic heterocycles. The Morgan fingerprint density at radius 2 is 2.83 bits per heavy atom. The highest BCUT2D eigenvalue weighted by molar-refractivity contribution is 5.71. The van der Waals surface area contributed by atoms with Gasteiger partial charge in [0, 0.05) is 1.37 Å². The highest BCUT2D eigenvalue weighted by Gasteiger charge is 2.04. The van der Waals surface area contributed by atoms with E-state index < -0.39 is 19.0 Å². The Bertz CT molecular complexity index is 75.3. The molecule has 0 spiro atoms.